The van der Waals surface area contributed by atoms with Crippen LogP contribution in [0.15, 0.2) is 36.5 Å². The first-order valence-corrected chi connectivity index (χ1v) is 31.5. The first-order valence-electron chi connectivity index (χ1n) is 31.5. The molecule has 0 aromatic rings. The van der Waals surface area contributed by atoms with Gasteiger partial charge in [-0.05, 0) is 96.3 Å². The Labute approximate surface area is 442 Å². The zero-order valence-electron chi connectivity index (χ0n) is 47.8. The van der Waals surface area contributed by atoms with Crippen LogP contribution in [-0.2, 0) is 28.6 Å². The summed E-state index contributed by atoms with van der Waals surface area (Å²) in [6.07, 6.45) is 72.8. The molecule has 6 heteroatoms. The second-order valence-corrected chi connectivity index (χ2v) is 21.3. The van der Waals surface area contributed by atoms with Crippen molar-refractivity contribution < 1.29 is 28.6 Å². The van der Waals surface area contributed by atoms with Crippen LogP contribution in [0.4, 0.5) is 0 Å². The highest BCUT2D eigenvalue weighted by Gasteiger charge is 2.19. The Morgan fingerprint density at radius 1 is 0.268 bits per heavy atom. The largest absolute Gasteiger partial charge is 0.462 e. The Hall–Kier alpha value is -2.37. The first kappa shape index (κ1) is 68.6. The number of unbranched alkanes of at least 4 members (excludes halogenated alkanes) is 41. The summed E-state index contributed by atoms with van der Waals surface area (Å²) in [6.45, 7) is 6.67. The minimum Gasteiger partial charge on any atom is -0.462 e. The normalized spacial score (nSPS) is 12.2. The molecule has 6 nitrogen and oxygen atoms in total. The van der Waals surface area contributed by atoms with Crippen molar-refractivity contribution in [1.29, 1.82) is 0 Å². The number of hydrogen-bond donors (Lipinski definition) is 0. The van der Waals surface area contributed by atoms with E-state index in [1.54, 1.807) is 0 Å². The smallest absolute Gasteiger partial charge is 0.306 e. The lowest BCUT2D eigenvalue weighted by Gasteiger charge is -2.18. The third kappa shape index (κ3) is 58.4. The van der Waals surface area contributed by atoms with Gasteiger partial charge in [-0.15, -0.1) is 0 Å². The Balaban J connectivity index is 4.35. The SMILES string of the molecule is CCCCCCCC/C=C\CCCCCCCCCCCC(=O)OC[C@@H](COC(=O)CCCCCCCCC/C=C\CCCCCCCC)OC(=O)CCCCCCCCC/C=C\CCCCCCCC. The van der Waals surface area contributed by atoms with Gasteiger partial charge in [0.15, 0.2) is 6.10 Å². The molecule has 416 valence electrons. The van der Waals surface area contributed by atoms with Gasteiger partial charge in [-0.25, -0.2) is 0 Å². The summed E-state index contributed by atoms with van der Waals surface area (Å²) in [5.41, 5.74) is 0. The summed E-state index contributed by atoms with van der Waals surface area (Å²) in [4.78, 5) is 38.3. The second-order valence-electron chi connectivity index (χ2n) is 21.3. The van der Waals surface area contributed by atoms with Crippen LogP contribution in [0.1, 0.15) is 342 Å². The topological polar surface area (TPSA) is 78.9 Å². The van der Waals surface area contributed by atoms with Crippen molar-refractivity contribution in [1.82, 2.24) is 0 Å². The number of carbonyl (C=O) groups is 3. The van der Waals surface area contributed by atoms with Crippen molar-refractivity contribution in [3.05, 3.63) is 36.5 Å². The molecule has 0 unspecified atom stereocenters. The molecule has 1 atom stereocenters. The molecule has 0 saturated heterocycles. The molecule has 0 aliphatic rings. The van der Waals surface area contributed by atoms with Gasteiger partial charge in [-0.2, -0.15) is 0 Å². The Kier molecular flexibility index (Phi) is 58.2. The molecule has 71 heavy (non-hydrogen) atoms. The van der Waals surface area contributed by atoms with Gasteiger partial charge >= 0.3 is 17.9 Å². The highest BCUT2D eigenvalue weighted by Crippen LogP contribution is 2.16. The third-order valence-corrected chi connectivity index (χ3v) is 14.1. The van der Waals surface area contributed by atoms with Gasteiger partial charge in [-0.1, -0.05) is 263 Å². The van der Waals surface area contributed by atoms with Gasteiger partial charge in [0.2, 0.25) is 0 Å². The number of carbonyl (C=O) groups excluding carboxylic acids is 3. The Morgan fingerprint density at radius 3 is 0.704 bits per heavy atom. The van der Waals surface area contributed by atoms with Crippen LogP contribution in [0.3, 0.4) is 0 Å². The standard InChI is InChI=1S/C65H120O6/c1-4-7-10-13-16-19-22-25-28-31-32-35-37-40-43-46-49-52-55-58-64(67)70-61-62(71-65(68)59-56-53-50-47-44-41-38-34-30-27-24-21-18-15-12-9-6-3)60-69-63(66)57-54-51-48-45-42-39-36-33-29-26-23-20-17-14-11-8-5-2/h25-30,62H,4-24,31-61H2,1-3H3/b28-25-,29-26-,30-27-/t62-/m1/s1. The van der Waals surface area contributed by atoms with Crippen LogP contribution in [0.5, 0.6) is 0 Å². The van der Waals surface area contributed by atoms with E-state index in [0.29, 0.717) is 19.3 Å². The maximum Gasteiger partial charge on any atom is 0.306 e. The van der Waals surface area contributed by atoms with E-state index in [1.165, 1.54) is 244 Å². The molecule has 0 aliphatic carbocycles. The van der Waals surface area contributed by atoms with Gasteiger partial charge in [0, 0.05) is 19.3 Å². The van der Waals surface area contributed by atoms with Crippen molar-refractivity contribution in [2.24, 2.45) is 0 Å². The molecule has 0 fully saturated rings. The highest BCUT2D eigenvalue weighted by molar-refractivity contribution is 5.71. The maximum absolute atomic E-state index is 12.9. The van der Waals surface area contributed by atoms with Gasteiger partial charge in [-0.3, -0.25) is 14.4 Å². The molecule has 0 rings (SSSR count). The lowest BCUT2D eigenvalue weighted by molar-refractivity contribution is -0.167. The predicted octanol–water partition coefficient (Wildman–Crippen LogP) is 21.2. The molecule has 0 saturated carbocycles. The monoisotopic (exact) mass is 997 g/mol. The minimum atomic E-state index is -0.776. The van der Waals surface area contributed by atoms with Crippen molar-refractivity contribution in [3.8, 4) is 0 Å². The van der Waals surface area contributed by atoms with E-state index in [0.717, 1.165) is 57.8 Å². The Bertz CT molecular complexity index is 1190. The molecule has 0 N–H and O–H groups in total. The van der Waals surface area contributed by atoms with Gasteiger partial charge in [0.05, 0.1) is 0 Å². The average Bonchev–Trinajstić information content (AvgIpc) is 3.37. The van der Waals surface area contributed by atoms with Gasteiger partial charge in [0.25, 0.3) is 0 Å². The molecular weight excluding hydrogens is 877 g/mol. The summed E-state index contributed by atoms with van der Waals surface area (Å²) in [7, 11) is 0. The van der Waals surface area contributed by atoms with Crippen LogP contribution in [0.25, 0.3) is 0 Å². The molecule has 0 heterocycles. The quantitative estimate of drug-likeness (QED) is 0.0261. The van der Waals surface area contributed by atoms with E-state index in [1.807, 2.05) is 0 Å². The van der Waals surface area contributed by atoms with Crippen molar-refractivity contribution >= 4 is 17.9 Å². The summed E-state index contributed by atoms with van der Waals surface area (Å²) >= 11 is 0. The molecular formula is C65H120O6. The van der Waals surface area contributed by atoms with E-state index >= 15 is 0 Å². The highest BCUT2D eigenvalue weighted by atomic mass is 16.6. The molecule has 0 spiro atoms. The predicted molar refractivity (Wildman–Crippen MR) is 307 cm³/mol. The number of hydrogen-bond acceptors (Lipinski definition) is 6. The van der Waals surface area contributed by atoms with Crippen LogP contribution in [0.2, 0.25) is 0 Å². The fourth-order valence-corrected chi connectivity index (χ4v) is 9.31. The third-order valence-electron chi connectivity index (χ3n) is 14.1. The molecule has 0 radical (unpaired) electrons. The first-order chi connectivity index (χ1) is 35.0. The molecule has 0 amide bonds. The molecule has 0 aromatic carbocycles. The summed E-state index contributed by atoms with van der Waals surface area (Å²) in [6, 6.07) is 0. The fraction of sp³-hybridized carbons (Fsp3) is 0.862. The maximum atomic E-state index is 12.9. The number of allylic oxidation sites excluding steroid dienone is 6. The average molecular weight is 998 g/mol. The van der Waals surface area contributed by atoms with E-state index in [4.69, 9.17) is 14.2 Å². The molecule has 0 aliphatic heterocycles. The van der Waals surface area contributed by atoms with Crippen LogP contribution in [0, 0.1) is 0 Å². The van der Waals surface area contributed by atoms with Gasteiger partial charge in [0.1, 0.15) is 13.2 Å². The van der Waals surface area contributed by atoms with Gasteiger partial charge < -0.3 is 14.2 Å². The van der Waals surface area contributed by atoms with Crippen molar-refractivity contribution in [3.63, 3.8) is 0 Å². The molecule has 0 aromatic heterocycles. The summed E-state index contributed by atoms with van der Waals surface area (Å²) in [5.74, 6) is -0.863. The number of ether oxygens (including phenoxy) is 3. The zero-order valence-corrected chi connectivity index (χ0v) is 47.8. The number of rotatable bonds is 58. The second kappa shape index (κ2) is 60.2. The van der Waals surface area contributed by atoms with E-state index in [9.17, 15) is 14.4 Å². The van der Waals surface area contributed by atoms with E-state index < -0.39 is 6.10 Å². The number of esters is 3. The van der Waals surface area contributed by atoms with E-state index in [-0.39, 0.29) is 31.1 Å². The van der Waals surface area contributed by atoms with Crippen molar-refractivity contribution in [2.45, 2.75) is 348 Å². The van der Waals surface area contributed by atoms with Crippen LogP contribution in [-0.4, -0.2) is 37.2 Å². The van der Waals surface area contributed by atoms with Crippen LogP contribution < -0.4 is 0 Å². The summed E-state index contributed by atoms with van der Waals surface area (Å²) < 4.78 is 16.9. The van der Waals surface area contributed by atoms with E-state index in [2.05, 4.69) is 57.2 Å². The van der Waals surface area contributed by atoms with Crippen molar-refractivity contribution in [2.75, 3.05) is 13.2 Å². The molecule has 0 bridgehead atoms. The fourth-order valence-electron chi connectivity index (χ4n) is 9.31. The Morgan fingerprint density at radius 2 is 0.465 bits per heavy atom. The lowest BCUT2D eigenvalue weighted by atomic mass is 10.1. The zero-order chi connectivity index (χ0) is 51.4. The lowest BCUT2D eigenvalue weighted by Crippen LogP contribution is -2.30. The minimum absolute atomic E-state index is 0.0735. The van der Waals surface area contributed by atoms with Crippen LogP contribution >= 0.6 is 0 Å². The summed E-state index contributed by atoms with van der Waals surface area (Å²) in [5, 5.41) is 0.